The zero-order valence-electron chi connectivity index (χ0n) is 10.3. The van der Waals surface area contributed by atoms with Gasteiger partial charge in [-0.2, -0.15) is 8.42 Å². The first kappa shape index (κ1) is 14.6. The van der Waals surface area contributed by atoms with Gasteiger partial charge in [0, 0.05) is 17.4 Å². The summed E-state index contributed by atoms with van der Waals surface area (Å²) in [6.45, 7) is 1.29. The van der Waals surface area contributed by atoms with E-state index >= 15 is 0 Å². The zero-order chi connectivity index (χ0) is 13.7. The van der Waals surface area contributed by atoms with Gasteiger partial charge in [0.05, 0.1) is 12.4 Å². The molecule has 108 valence electrons. The van der Waals surface area contributed by atoms with Crippen LogP contribution in [0.1, 0.15) is 12.8 Å². The van der Waals surface area contributed by atoms with Crippen molar-refractivity contribution in [2.24, 2.45) is 0 Å². The molecule has 19 heavy (non-hydrogen) atoms. The fraction of sp³-hybridized carbons (Fsp3) is 0.636. The predicted molar refractivity (Wildman–Crippen MR) is 70.7 cm³/mol. The largest absolute Gasteiger partial charge is 0.485 e. The van der Waals surface area contributed by atoms with Crippen LogP contribution in [0.5, 0.6) is 11.5 Å². The van der Waals surface area contributed by atoms with Gasteiger partial charge in [-0.25, -0.2) is 0 Å². The Kier molecular flexibility index (Phi) is 5.03. The lowest BCUT2D eigenvalue weighted by atomic mass is 10.3. The van der Waals surface area contributed by atoms with E-state index in [9.17, 15) is 8.42 Å². The van der Waals surface area contributed by atoms with E-state index in [2.05, 4.69) is 0 Å². The Morgan fingerprint density at radius 3 is 2.95 bits per heavy atom. The average Bonchev–Trinajstić information content (AvgIpc) is 2.79. The minimum absolute atomic E-state index is 0.135. The van der Waals surface area contributed by atoms with Crippen LogP contribution >= 0.6 is 11.3 Å². The third kappa shape index (κ3) is 4.98. The van der Waals surface area contributed by atoms with E-state index in [0.717, 1.165) is 11.5 Å². The van der Waals surface area contributed by atoms with Gasteiger partial charge in [-0.05, 0) is 12.8 Å². The van der Waals surface area contributed by atoms with E-state index < -0.39 is 10.1 Å². The van der Waals surface area contributed by atoms with Crippen molar-refractivity contribution in [2.75, 3.05) is 25.6 Å². The van der Waals surface area contributed by atoms with Gasteiger partial charge >= 0.3 is 0 Å². The van der Waals surface area contributed by atoms with Gasteiger partial charge in [-0.1, -0.05) is 0 Å². The maximum atomic E-state index is 10.5. The third-order valence-electron chi connectivity index (χ3n) is 2.56. The van der Waals surface area contributed by atoms with Crippen molar-refractivity contribution >= 4 is 21.5 Å². The summed E-state index contributed by atoms with van der Waals surface area (Å²) in [6.07, 6.45) is 0.829. The Labute approximate surface area is 116 Å². The molecule has 0 saturated carbocycles. The molecule has 2 heterocycles. The summed E-state index contributed by atoms with van der Waals surface area (Å²) in [7, 11) is -3.86. The minimum Gasteiger partial charge on any atom is -0.485 e. The highest BCUT2D eigenvalue weighted by atomic mass is 32.2. The Balaban J connectivity index is 1.57. The van der Waals surface area contributed by atoms with Gasteiger partial charge in [-0.3, -0.25) is 4.55 Å². The summed E-state index contributed by atoms with van der Waals surface area (Å²) >= 11 is 1.52. The Morgan fingerprint density at radius 2 is 2.16 bits per heavy atom. The van der Waals surface area contributed by atoms with Gasteiger partial charge in [-0.15, -0.1) is 11.3 Å². The van der Waals surface area contributed by atoms with Gasteiger partial charge < -0.3 is 14.2 Å². The average molecular weight is 308 g/mol. The molecule has 8 heteroatoms. The molecule has 1 unspecified atom stereocenters. The van der Waals surface area contributed by atoms with Crippen molar-refractivity contribution in [3.63, 3.8) is 0 Å². The molecule has 0 saturated heterocycles. The monoisotopic (exact) mass is 308 g/mol. The van der Waals surface area contributed by atoms with E-state index in [1.807, 2.05) is 10.8 Å². The maximum absolute atomic E-state index is 10.5. The number of hydrogen-bond donors (Lipinski definition) is 1. The molecule has 0 radical (unpaired) electrons. The van der Waals surface area contributed by atoms with E-state index in [1.165, 1.54) is 11.3 Å². The second-order valence-electron chi connectivity index (χ2n) is 4.22. The number of unbranched alkanes of at least 4 members (excludes halogenated alkanes) is 1. The van der Waals surface area contributed by atoms with E-state index in [4.69, 9.17) is 18.8 Å². The SMILES string of the molecule is O=S(=O)(O)CCCCOCC1COc2cscc2O1. The summed E-state index contributed by atoms with van der Waals surface area (Å²) in [5.74, 6) is 1.29. The first-order valence-electron chi connectivity index (χ1n) is 5.93. The smallest absolute Gasteiger partial charge is 0.264 e. The van der Waals surface area contributed by atoms with Crippen LogP contribution in [0.3, 0.4) is 0 Å². The fourth-order valence-corrected chi connectivity index (χ4v) is 2.89. The number of hydrogen-bond acceptors (Lipinski definition) is 6. The normalized spacial score (nSPS) is 18.5. The lowest BCUT2D eigenvalue weighted by Crippen LogP contribution is -2.33. The van der Waals surface area contributed by atoms with Crippen LogP contribution in [0.15, 0.2) is 10.8 Å². The summed E-state index contributed by atoms with van der Waals surface area (Å²) in [5, 5.41) is 3.77. The zero-order valence-corrected chi connectivity index (χ0v) is 11.9. The molecule has 1 aromatic rings. The molecular weight excluding hydrogens is 292 g/mol. The van der Waals surface area contributed by atoms with Crippen LogP contribution in [0.25, 0.3) is 0 Å². The molecule has 1 aliphatic rings. The van der Waals surface area contributed by atoms with Crippen molar-refractivity contribution in [3.8, 4) is 11.5 Å². The number of thiophene rings is 1. The molecule has 1 aliphatic heterocycles. The summed E-state index contributed by atoms with van der Waals surface area (Å²) in [6, 6.07) is 0. The van der Waals surface area contributed by atoms with Gasteiger partial charge in [0.2, 0.25) is 0 Å². The number of fused-ring (bicyclic) bond motifs is 1. The molecular formula is C11H16O6S2. The van der Waals surface area contributed by atoms with Crippen molar-refractivity contribution in [3.05, 3.63) is 10.8 Å². The molecule has 0 amide bonds. The molecule has 1 atom stereocenters. The third-order valence-corrected chi connectivity index (χ3v) is 4.06. The molecule has 6 nitrogen and oxygen atoms in total. The maximum Gasteiger partial charge on any atom is 0.264 e. The second-order valence-corrected chi connectivity index (χ2v) is 6.53. The van der Waals surface area contributed by atoms with Gasteiger partial charge in [0.15, 0.2) is 17.6 Å². The number of ether oxygens (including phenoxy) is 3. The molecule has 0 fully saturated rings. The first-order valence-corrected chi connectivity index (χ1v) is 8.48. The highest BCUT2D eigenvalue weighted by Gasteiger charge is 2.21. The lowest BCUT2D eigenvalue weighted by molar-refractivity contribution is 0.00876. The van der Waals surface area contributed by atoms with Crippen LogP contribution in [-0.4, -0.2) is 44.6 Å². The Morgan fingerprint density at radius 1 is 1.37 bits per heavy atom. The van der Waals surface area contributed by atoms with Gasteiger partial charge in [0.1, 0.15) is 6.61 Å². The Hall–Kier alpha value is -0.830. The van der Waals surface area contributed by atoms with Crippen LogP contribution in [-0.2, 0) is 14.9 Å². The molecule has 0 aliphatic carbocycles. The van der Waals surface area contributed by atoms with Crippen molar-refractivity contribution in [1.82, 2.24) is 0 Å². The molecule has 0 bridgehead atoms. The van der Waals surface area contributed by atoms with Crippen molar-refractivity contribution < 1.29 is 27.2 Å². The van der Waals surface area contributed by atoms with Crippen LogP contribution in [0.4, 0.5) is 0 Å². The number of rotatable bonds is 7. The first-order chi connectivity index (χ1) is 9.04. The van der Waals surface area contributed by atoms with Crippen LogP contribution < -0.4 is 9.47 Å². The molecule has 1 aromatic heterocycles. The van der Waals surface area contributed by atoms with E-state index in [1.54, 1.807) is 0 Å². The topological polar surface area (TPSA) is 82.1 Å². The van der Waals surface area contributed by atoms with E-state index in [0.29, 0.717) is 32.7 Å². The molecule has 0 spiro atoms. The van der Waals surface area contributed by atoms with Crippen molar-refractivity contribution in [1.29, 1.82) is 0 Å². The van der Waals surface area contributed by atoms with Crippen LogP contribution in [0, 0.1) is 0 Å². The summed E-state index contributed by atoms with van der Waals surface area (Å²) in [4.78, 5) is 0. The van der Waals surface area contributed by atoms with E-state index in [-0.39, 0.29) is 11.9 Å². The standard InChI is InChI=1S/C11H16O6S2/c12-19(13,14)4-2-1-3-15-5-9-6-16-10-7-18-8-11(10)17-9/h7-9H,1-6H2,(H,12,13,14). The highest BCUT2D eigenvalue weighted by Crippen LogP contribution is 2.35. The molecule has 2 rings (SSSR count). The lowest BCUT2D eigenvalue weighted by Gasteiger charge is -2.24. The summed E-state index contributed by atoms with van der Waals surface area (Å²) in [5.41, 5.74) is 0. The molecule has 0 aromatic carbocycles. The fourth-order valence-electron chi connectivity index (χ4n) is 1.65. The molecule has 1 N–H and O–H groups in total. The van der Waals surface area contributed by atoms with Gasteiger partial charge in [0.25, 0.3) is 10.1 Å². The minimum atomic E-state index is -3.86. The van der Waals surface area contributed by atoms with Crippen molar-refractivity contribution in [2.45, 2.75) is 18.9 Å². The van der Waals surface area contributed by atoms with Crippen LogP contribution in [0.2, 0.25) is 0 Å². The predicted octanol–water partition coefficient (Wildman–Crippen LogP) is 1.57. The Bertz CT molecular complexity index is 495. The summed E-state index contributed by atoms with van der Waals surface area (Å²) < 4.78 is 46.1. The second kappa shape index (κ2) is 6.56. The quantitative estimate of drug-likeness (QED) is 0.608. The highest BCUT2D eigenvalue weighted by molar-refractivity contribution is 7.85.